The number of esters is 1. The average Bonchev–Trinajstić information content (AvgIpc) is 4.01. The number of benzene rings is 3. The number of fused-ring (bicyclic) bond motifs is 6. The minimum atomic E-state index is -3.52. The molecule has 4 aliphatic heterocycles. The number of sulfone groups is 1. The van der Waals surface area contributed by atoms with Crippen molar-refractivity contribution in [3.63, 3.8) is 0 Å². The molecule has 412 valence electrons. The van der Waals surface area contributed by atoms with Crippen LogP contribution in [0.2, 0.25) is 0 Å². The Morgan fingerprint density at radius 1 is 0.857 bits per heavy atom. The Morgan fingerprint density at radius 2 is 1.53 bits per heavy atom. The van der Waals surface area contributed by atoms with Crippen LogP contribution in [0.4, 0.5) is 22.7 Å². The highest BCUT2D eigenvalue weighted by Gasteiger charge is 2.32. The van der Waals surface area contributed by atoms with Crippen LogP contribution >= 0.6 is 0 Å². The molecule has 3 aromatic heterocycles. The van der Waals surface area contributed by atoms with E-state index in [-0.39, 0.29) is 45.5 Å². The number of carbonyl (C=O) groups excluding carboxylic acids is 2. The smallest absolute Gasteiger partial charge is 0.344 e. The van der Waals surface area contributed by atoms with Gasteiger partial charge in [0.1, 0.15) is 10.5 Å². The van der Waals surface area contributed by atoms with Crippen molar-refractivity contribution in [1.29, 1.82) is 0 Å². The monoisotopic (exact) mass is 1070 g/mol. The molecule has 6 aromatic rings. The fraction of sp³-hybridized carbons (Fsp3) is 0.517. The number of carbonyl (C=O) groups is 2. The quantitative estimate of drug-likeness (QED) is 0.116. The molecule has 1 fully saturated rings. The first-order chi connectivity index (χ1) is 36.7. The molecular weight excluding hydrogens is 995 g/mol. The molecule has 1 unspecified atom stereocenters. The van der Waals surface area contributed by atoms with Crippen LogP contribution in [0.15, 0.2) is 55.7 Å². The van der Waals surface area contributed by atoms with Gasteiger partial charge in [-0.1, -0.05) is 33.1 Å². The van der Waals surface area contributed by atoms with Gasteiger partial charge in [-0.25, -0.2) is 13.2 Å². The van der Waals surface area contributed by atoms with Gasteiger partial charge in [0.05, 0.1) is 23.2 Å². The standard InChI is InChI=1S/C23H30N2O3.C21H29N3O3.C16H18N2O3S/c1-5-28-23(27)21-15(3)18-11-16-10-14(2)13-25(17-8-6-7-9-17)19(16)12-20(18)24(4)22(21)26;1-5-6-9-24-18-12-17-15(8-7-10-23(17)13(2)3)11-16(18)20(26)19(21(24)27)22-14(4)25;1-22(20,21)13-9-11-8-10-4-2-6-18-7-3-5-12(15(10)18)14(11)17-16(13)19/h11-12,14,17H,5-10,13H2,1-4H3;11-13,26H,5-10H2,1-4H3,(H,22,25);8-9H,2-7H2,1H3,(H,17,19). The number of rotatable bonds is 9. The van der Waals surface area contributed by atoms with Crippen molar-refractivity contribution in [2.45, 2.75) is 155 Å². The van der Waals surface area contributed by atoms with Crippen molar-refractivity contribution >= 4 is 77.2 Å². The summed E-state index contributed by atoms with van der Waals surface area (Å²) in [5.74, 6) is -0.431. The van der Waals surface area contributed by atoms with E-state index in [1.54, 1.807) is 23.1 Å². The van der Waals surface area contributed by atoms with Crippen molar-refractivity contribution in [2.75, 3.05) is 59.1 Å². The number of unbranched alkanes of at least 4 members (excludes halogenated alkanes) is 1. The predicted molar refractivity (Wildman–Crippen MR) is 309 cm³/mol. The Labute approximate surface area is 451 Å². The molecule has 16 nitrogen and oxygen atoms in total. The summed E-state index contributed by atoms with van der Waals surface area (Å²) in [6, 6.07) is 13.0. The van der Waals surface area contributed by atoms with Gasteiger partial charge in [0.2, 0.25) is 5.91 Å². The maximum absolute atomic E-state index is 13.0. The van der Waals surface area contributed by atoms with Gasteiger partial charge in [0.25, 0.3) is 16.7 Å². The number of aromatic nitrogens is 3. The van der Waals surface area contributed by atoms with E-state index in [9.17, 15) is 37.5 Å². The van der Waals surface area contributed by atoms with E-state index in [2.05, 4.69) is 70.9 Å². The normalized spacial score (nSPS) is 17.1. The number of pyridine rings is 3. The Kier molecular flexibility index (Phi) is 16.0. The molecule has 1 saturated carbocycles. The van der Waals surface area contributed by atoms with E-state index in [4.69, 9.17) is 4.74 Å². The minimum Gasteiger partial charge on any atom is -0.505 e. The van der Waals surface area contributed by atoms with Crippen LogP contribution in [-0.4, -0.2) is 90.6 Å². The third-order valence-corrected chi connectivity index (χ3v) is 17.5. The highest BCUT2D eigenvalue weighted by molar-refractivity contribution is 7.90. The number of aromatic amines is 1. The van der Waals surface area contributed by atoms with Crippen molar-refractivity contribution in [2.24, 2.45) is 13.0 Å². The molecule has 3 aromatic carbocycles. The Hall–Kier alpha value is -6.62. The zero-order valence-electron chi connectivity index (χ0n) is 46.5. The summed E-state index contributed by atoms with van der Waals surface area (Å²) < 4.78 is 32.0. The van der Waals surface area contributed by atoms with Gasteiger partial charge in [-0.05, 0) is 162 Å². The first-order valence-corrected chi connectivity index (χ1v) is 29.8. The van der Waals surface area contributed by atoms with E-state index >= 15 is 0 Å². The number of ether oxygens (including phenoxy) is 1. The summed E-state index contributed by atoms with van der Waals surface area (Å²) in [6.45, 7) is 18.7. The molecule has 1 atom stereocenters. The number of aromatic hydroxyl groups is 1. The lowest BCUT2D eigenvalue weighted by Gasteiger charge is -2.39. The fourth-order valence-electron chi connectivity index (χ4n) is 12.8. The molecule has 0 saturated heterocycles. The Balaban J connectivity index is 0.000000142. The number of hydrogen-bond donors (Lipinski definition) is 3. The topological polar surface area (TPSA) is 196 Å². The summed E-state index contributed by atoms with van der Waals surface area (Å²) in [4.78, 5) is 72.1. The molecule has 0 radical (unpaired) electrons. The lowest BCUT2D eigenvalue weighted by Crippen LogP contribution is -2.41. The lowest BCUT2D eigenvalue weighted by molar-refractivity contribution is -0.114. The SMILES string of the molecule is CCCCn1c(=O)c(NC(C)=O)c(O)c2cc3c(cc21)N(C(C)C)CCC3.CCOC(=O)c1c(C)c2cc3c(cc2n(C)c1=O)N(C1CCCC1)CC(C)C3.CS(=O)(=O)c1cc2cc3c4c(c2[nH]c1=O)CCCN4CCC3. The maximum atomic E-state index is 13.0. The molecule has 77 heavy (non-hydrogen) atoms. The summed E-state index contributed by atoms with van der Waals surface area (Å²) in [5.41, 5.74) is 10.8. The zero-order chi connectivity index (χ0) is 55.2. The number of aryl methyl sites for hydroxylation is 6. The number of hydrogen-bond acceptors (Lipinski definition) is 12. The van der Waals surface area contributed by atoms with Crippen molar-refractivity contribution in [3.8, 4) is 5.75 Å². The van der Waals surface area contributed by atoms with Crippen LogP contribution in [0, 0.1) is 12.8 Å². The fourth-order valence-corrected chi connectivity index (χ4v) is 13.5. The molecule has 17 heteroatoms. The molecule has 1 amide bonds. The maximum Gasteiger partial charge on any atom is 0.344 e. The Bertz CT molecular complexity index is 3610. The van der Waals surface area contributed by atoms with Crippen LogP contribution in [0.25, 0.3) is 32.7 Å². The van der Waals surface area contributed by atoms with Crippen LogP contribution in [0.5, 0.6) is 5.75 Å². The average molecular weight is 1070 g/mol. The second-order valence-electron chi connectivity index (χ2n) is 22.3. The Morgan fingerprint density at radius 3 is 2.21 bits per heavy atom. The highest BCUT2D eigenvalue weighted by Crippen LogP contribution is 2.42. The van der Waals surface area contributed by atoms with Gasteiger partial charge in [-0.3, -0.25) is 19.2 Å². The largest absolute Gasteiger partial charge is 0.505 e. The third-order valence-electron chi connectivity index (χ3n) is 16.4. The molecule has 0 bridgehead atoms. The lowest BCUT2D eigenvalue weighted by atomic mass is 9.90. The molecule has 1 aliphatic carbocycles. The van der Waals surface area contributed by atoms with Gasteiger partial charge in [-0.15, -0.1) is 0 Å². The molecule has 0 spiro atoms. The van der Waals surface area contributed by atoms with Gasteiger partial charge in [0, 0.05) is 98.3 Å². The number of nitrogens with zero attached hydrogens (tertiary/aromatic N) is 5. The molecular formula is C60H77N7O9S. The second kappa shape index (κ2) is 22.4. The van der Waals surface area contributed by atoms with E-state index < -0.39 is 21.4 Å². The molecule has 3 N–H and O–H groups in total. The van der Waals surface area contributed by atoms with Gasteiger partial charge in [0.15, 0.2) is 21.3 Å². The molecule has 5 aliphatic rings. The van der Waals surface area contributed by atoms with E-state index in [0.717, 1.165) is 129 Å². The van der Waals surface area contributed by atoms with Crippen LogP contribution in [0.1, 0.15) is 138 Å². The predicted octanol–water partition coefficient (Wildman–Crippen LogP) is 9.22. The van der Waals surface area contributed by atoms with Crippen LogP contribution < -0.4 is 36.7 Å². The first kappa shape index (κ1) is 55.1. The zero-order valence-corrected chi connectivity index (χ0v) is 47.3. The number of H-pyrrole nitrogens is 1. The van der Waals surface area contributed by atoms with E-state index in [0.29, 0.717) is 29.9 Å². The van der Waals surface area contributed by atoms with Crippen molar-refractivity contribution < 1.29 is 27.9 Å². The van der Waals surface area contributed by atoms with Gasteiger partial charge in [-0.2, -0.15) is 0 Å². The molecule has 11 rings (SSSR count). The van der Waals surface area contributed by atoms with Crippen LogP contribution in [0.3, 0.4) is 0 Å². The number of nitrogens with one attached hydrogen (secondary N) is 2. The van der Waals surface area contributed by atoms with Gasteiger partial charge < -0.3 is 44.0 Å². The second-order valence-corrected chi connectivity index (χ2v) is 24.3. The third kappa shape index (κ3) is 10.7. The van der Waals surface area contributed by atoms with Crippen molar-refractivity contribution in [3.05, 3.63) is 101 Å². The van der Waals surface area contributed by atoms with E-state index in [1.807, 2.05) is 19.1 Å². The summed E-state index contributed by atoms with van der Waals surface area (Å²) in [7, 11) is -1.76. The highest BCUT2D eigenvalue weighted by atomic mass is 32.2. The molecule has 7 heterocycles. The van der Waals surface area contributed by atoms with Crippen LogP contribution in [-0.2, 0) is 58.6 Å². The number of amides is 1. The number of anilines is 4. The summed E-state index contributed by atoms with van der Waals surface area (Å²) in [6.07, 6.45) is 15.2. The minimum absolute atomic E-state index is 0.0254. The van der Waals surface area contributed by atoms with E-state index in [1.165, 1.54) is 72.3 Å². The summed E-state index contributed by atoms with van der Waals surface area (Å²) >= 11 is 0. The van der Waals surface area contributed by atoms with Crippen molar-refractivity contribution in [1.82, 2.24) is 14.1 Å². The first-order valence-electron chi connectivity index (χ1n) is 28.0. The van der Waals surface area contributed by atoms with Gasteiger partial charge >= 0.3 is 5.97 Å². The summed E-state index contributed by atoms with van der Waals surface area (Å²) in [5, 5.41) is 15.7.